The molecule has 0 atom stereocenters. The third kappa shape index (κ3) is 4.74. The number of hydrogen-bond donors (Lipinski definition) is 2. The fourth-order valence-electron chi connectivity index (χ4n) is 1.88. The molecule has 3 amide bonds. The highest BCUT2D eigenvalue weighted by molar-refractivity contribution is 5.96. The summed E-state index contributed by atoms with van der Waals surface area (Å²) >= 11 is 0. The molecule has 0 fully saturated rings. The third-order valence-electron chi connectivity index (χ3n) is 2.99. The number of nitrogens with zero attached hydrogens (tertiary/aromatic N) is 1. The summed E-state index contributed by atoms with van der Waals surface area (Å²) in [6.07, 6.45) is -0.653. The first-order valence-electron chi connectivity index (χ1n) is 7.26. The fraction of sp³-hybridized carbons (Fsp3) is 0.176. The van der Waals surface area contributed by atoms with Crippen LogP contribution in [0.1, 0.15) is 12.5 Å². The van der Waals surface area contributed by atoms with Gasteiger partial charge in [-0.25, -0.2) is 15.0 Å². The second-order valence-electron chi connectivity index (χ2n) is 4.80. The molecule has 0 unspecified atom stereocenters. The number of carbonyl (C=O) groups is 2. The van der Waals surface area contributed by atoms with Gasteiger partial charge >= 0.3 is 12.1 Å². The van der Waals surface area contributed by atoms with Crippen molar-refractivity contribution < 1.29 is 14.3 Å². The van der Waals surface area contributed by atoms with Crippen LogP contribution < -0.4 is 15.8 Å². The van der Waals surface area contributed by atoms with Crippen LogP contribution in [0.4, 0.5) is 21.0 Å². The lowest BCUT2D eigenvalue weighted by Gasteiger charge is -2.22. The number of nitrogens with one attached hydrogen (secondary N) is 2. The molecule has 0 aliphatic rings. The summed E-state index contributed by atoms with van der Waals surface area (Å²) in [5, 5.41) is 3.72. The Balaban J connectivity index is 2.12. The van der Waals surface area contributed by atoms with Crippen molar-refractivity contribution in [3.63, 3.8) is 0 Å². The first-order valence-corrected chi connectivity index (χ1v) is 7.26. The molecule has 0 heterocycles. The van der Waals surface area contributed by atoms with Crippen LogP contribution in [0, 0.1) is 6.92 Å². The minimum atomic E-state index is -0.653. The number of hydrazine groups is 1. The Morgan fingerprint density at radius 3 is 2.30 bits per heavy atom. The molecule has 0 saturated carbocycles. The van der Waals surface area contributed by atoms with Crippen LogP contribution in [0.2, 0.25) is 0 Å². The van der Waals surface area contributed by atoms with Crippen molar-refractivity contribution in [1.82, 2.24) is 5.43 Å². The van der Waals surface area contributed by atoms with Gasteiger partial charge in [-0.1, -0.05) is 35.9 Å². The predicted octanol–water partition coefficient (Wildman–Crippen LogP) is 3.69. The van der Waals surface area contributed by atoms with Gasteiger partial charge in [-0.05, 0) is 38.1 Å². The van der Waals surface area contributed by atoms with E-state index in [0.717, 1.165) is 10.6 Å². The SMILES string of the molecule is CCOC(=O)N(NC(=O)Nc1ccccc1)c1ccc(C)cc1. The van der Waals surface area contributed by atoms with Crippen LogP contribution >= 0.6 is 0 Å². The van der Waals surface area contributed by atoms with E-state index in [1.54, 1.807) is 43.3 Å². The van der Waals surface area contributed by atoms with Crippen molar-refractivity contribution in [1.29, 1.82) is 0 Å². The maximum Gasteiger partial charge on any atom is 0.433 e. The average Bonchev–Trinajstić information content (AvgIpc) is 2.55. The van der Waals surface area contributed by atoms with Gasteiger partial charge in [0.05, 0.1) is 12.3 Å². The Bertz CT molecular complexity index is 657. The molecule has 0 aliphatic carbocycles. The van der Waals surface area contributed by atoms with Crippen LogP contribution in [0.3, 0.4) is 0 Å². The Hall–Kier alpha value is -3.02. The van der Waals surface area contributed by atoms with Crippen LogP contribution in [0.25, 0.3) is 0 Å². The van der Waals surface area contributed by atoms with Gasteiger partial charge in [-0.2, -0.15) is 5.01 Å². The molecule has 0 radical (unpaired) electrons. The van der Waals surface area contributed by atoms with E-state index in [1.807, 2.05) is 25.1 Å². The Kier molecular flexibility index (Phi) is 5.57. The van der Waals surface area contributed by atoms with E-state index in [2.05, 4.69) is 10.7 Å². The van der Waals surface area contributed by atoms with E-state index in [1.165, 1.54) is 0 Å². The van der Waals surface area contributed by atoms with Crippen LogP contribution in [-0.4, -0.2) is 18.7 Å². The predicted molar refractivity (Wildman–Crippen MR) is 89.3 cm³/mol. The molecule has 2 rings (SSSR count). The van der Waals surface area contributed by atoms with E-state index in [9.17, 15) is 9.59 Å². The maximum atomic E-state index is 12.1. The van der Waals surface area contributed by atoms with Gasteiger partial charge in [-0.15, -0.1) is 0 Å². The highest BCUT2D eigenvalue weighted by Gasteiger charge is 2.19. The van der Waals surface area contributed by atoms with Crippen molar-refractivity contribution in [3.8, 4) is 0 Å². The lowest BCUT2D eigenvalue weighted by molar-refractivity contribution is 0.156. The van der Waals surface area contributed by atoms with Gasteiger partial charge in [0.1, 0.15) is 0 Å². The molecular formula is C17H19N3O3. The van der Waals surface area contributed by atoms with E-state index in [4.69, 9.17) is 4.74 Å². The number of anilines is 2. The summed E-state index contributed by atoms with van der Waals surface area (Å²) in [6, 6.07) is 15.6. The number of rotatable bonds is 3. The van der Waals surface area contributed by atoms with Gasteiger partial charge < -0.3 is 10.1 Å². The van der Waals surface area contributed by atoms with E-state index in [0.29, 0.717) is 11.4 Å². The Labute approximate surface area is 135 Å². The van der Waals surface area contributed by atoms with Crippen LogP contribution in [0.15, 0.2) is 54.6 Å². The number of ether oxygens (including phenoxy) is 1. The van der Waals surface area contributed by atoms with Crippen molar-refractivity contribution >= 4 is 23.5 Å². The van der Waals surface area contributed by atoms with Gasteiger partial charge in [0.15, 0.2) is 0 Å². The molecule has 0 saturated heterocycles. The van der Waals surface area contributed by atoms with Gasteiger partial charge in [0, 0.05) is 5.69 Å². The van der Waals surface area contributed by atoms with E-state index in [-0.39, 0.29) is 6.61 Å². The topological polar surface area (TPSA) is 70.7 Å². The largest absolute Gasteiger partial charge is 0.448 e. The van der Waals surface area contributed by atoms with Crippen molar-refractivity contribution in [3.05, 3.63) is 60.2 Å². The fourth-order valence-corrected chi connectivity index (χ4v) is 1.88. The summed E-state index contributed by atoms with van der Waals surface area (Å²) in [7, 11) is 0. The second kappa shape index (κ2) is 7.84. The van der Waals surface area contributed by atoms with Crippen molar-refractivity contribution in [2.24, 2.45) is 0 Å². The molecule has 2 N–H and O–H groups in total. The summed E-state index contributed by atoms with van der Waals surface area (Å²) in [5.74, 6) is 0. The van der Waals surface area contributed by atoms with E-state index < -0.39 is 12.1 Å². The standard InChI is InChI=1S/C17H19N3O3/c1-3-23-17(22)20(15-11-9-13(2)10-12-15)19-16(21)18-14-7-5-4-6-8-14/h4-12H,3H2,1-2H3,(H2,18,19,21). The molecule has 0 bridgehead atoms. The highest BCUT2D eigenvalue weighted by Crippen LogP contribution is 2.15. The number of aryl methyl sites for hydroxylation is 1. The second-order valence-corrected chi connectivity index (χ2v) is 4.80. The summed E-state index contributed by atoms with van der Waals surface area (Å²) in [4.78, 5) is 24.2. The summed E-state index contributed by atoms with van der Waals surface area (Å²) in [6.45, 7) is 3.85. The molecule has 23 heavy (non-hydrogen) atoms. The van der Waals surface area contributed by atoms with Crippen LogP contribution in [-0.2, 0) is 4.74 Å². The number of carbonyl (C=O) groups excluding carboxylic acids is 2. The Morgan fingerprint density at radius 2 is 1.70 bits per heavy atom. The first kappa shape index (κ1) is 16.4. The van der Waals surface area contributed by atoms with Crippen LogP contribution in [0.5, 0.6) is 0 Å². The monoisotopic (exact) mass is 313 g/mol. The zero-order valence-corrected chi connectivity index (χ0v) is 13.1. The minimum absolute atomic E-state index is 0.211. The zero-order valence-electron chi connectivity index (χ0n) is 13.1. The van der Waals surface area contributed by atoms with Crippen molar-refractivity contribution in [2.45, 2.75) is 13.8 Å². The van der Waals surface area contributed by atoms with E-state index >= 15 is 0 Å². The maximum absolute atomic E-state index is 12.1. The molecule has 6 nitrogen and oxygen atoms in total. The molecule has 2 aromatic carbocycles. The molecule has 0 aromatic heterocycles. The molecular weight excluding hydrogens is 294 g/mol. The Morgan fingerprint density at radius 1 is 1.04 bits per heavy atom. The number of urea groups is 1. The van der Waals surface area contributed by atoms with Gasteiger partial charge in [-0.3, -0.25) is 0 Å². The lowest BCUT2D eigenvalue weighted by atomic mass is 10.2. The summed E-state index contributed by atoms with van der Waals surface area (Å²) in [5.41, 5.74) is 4.68. The summed E-state index contributed by atoms with van der Waals surface area (Å²) < 4.78 is 4.98. The number of benzene rings is 2. The quantitative estimate of drug-likeness (QED) is 0.849. The van der Waals surface area contributed by atoms with Crippen molar-refractivity contribution in [2.75, 3.05) is 16.9 Å². The first-order chi connectivity index (χ1) is 11.1. The molecule has 0 spiro atoms. The lowest BCUT2D eigenvalue weighted by Crippen LogP contribution is -2.48. The molecule has 0 aliphatic heterocycles. The smallest absolute Gasteiger partial charge is 0.433 e. The number of amides is 3. The molecule has 2 aromatic rings. The van der Waals surface area contributed by atoms with Gasteiger partial charge in [0.2, 0.25) is 0 Å². The average molecular weight is 313 g/mol. The zero-order chi connectivity index (χ0) is 16.7. The number of hydrogen-bond acceptors (Lipinski definition) is 3. The molecule has 120 valence electrons. The molecule has 6 heteroatoms. The normalized spacial score (nSPS) is 9.83. The highest BCUT2D eigenvalue weighted by atomic mass is 16.6. The van der Waals surface area contributed by atoms with Gasteiger partial charge in [0.25, 0.3) is 0 Å². The number of para-hydroxylation sites is 1. The minimum Gasteiger partial charge on any atom is -0.448 e. The third-order valence-corrected chi connectivity index (χ3v) is 2.99.